The number of amides is 2. The number of rotatable bonds is 5. The smallest absolute Gasteiger partial charge is 0.321 e. The Morgan fingerprint density at radius 3 is 2.60 bits per heavy atom. The van der Waals surface area contributed by atoms with Gasteiger partial charge in [0.15, 0.2) is 9.84 Å². The minimum absolute atomic E-state index is 0.177. The molecule has 1 saturated heterocycles. The summed E-state index contributed by atoms with van der Waals surface area (Å²) >= 11 is 0. The lowest BCUT2D eigenvalue weighted by Crippen LogP contribution is -2.50. The number of benzene rings is 2. The van der Waals surface area contributed by atoms with Crippen molar-refractivity contribution in [2.24, 2.45) is 0 Å². The van der Waals surface area contributed by atoms with Crippen molar-refractivity contribution in [3.63, 3.8) is 0 Å². The van der Waals surface area contributed by atoms with Gasteiger partial charge in [-0.25, -0.2) is 17.6 Å². The number of anilines is 2. The van der Waals surface area contributed by atoms with E-state index < -0.39 is 15.7 Å². The molecule has 30 heavy (non-hydrogen) atoms. The number of hydrogen-bond acceptors (Lipinski definition) is 4. The second-order valence-corrected chi connectivity index (χ2v) is 10.1. The Labute approximate surface area is 177 Å². The molecular formula is C22H28FN3O3S. The van der Waals surface area contributed by atoms with Crippen molar-refractivity contribution < 1.29 is 17.6 Å². The van der Waals surface area contributed by atoms with E-state index in [4.69, 9.17) is 0 Å². The van der Waals surface area contributed by atoms with E-state index in [0.717, 1.165) is 30.9 Å². The molecule has 1 atom stereocenters. The van der Waals surface area contributed by atoms with Crippen LogP contribution in [0.5, 0.6) is 0 Å². The van der Waals surface area contributed by atoms with Crippen LogP contribution in [0.15, 0.2) is 42.5 Å². The molecule has 2 amide bonds. The Morgan fingerprint density at radius 1 is 1.23 bits per heavy atom. The second kappa shape index (κ2) is 9.04. The van der Waals surface area contributed by atoms with Gasteiger partial charge >= 0.3 is 6.03 Å². The molecule has 0 spiro atoms. The van der Waals surface area contributed by atoms with Crippen LogP contribution in [0.4, 0.5) is 20.6 Å². The molecule has 3 rings (SSSR count). The zero-order chi connectivity index (χ0) is 21.9. The average Bonchev–Trinajstić information content (AvgIpc) is 2.69. The van der Waals surface area contributed by atoms with Crippen molar-refractivity contribution in [1.29, 1.82) is 0 Å². The number of nitrogens with one attached hydrogen (secondary N) is 1. The third-order valence-corrected chi connectivity index (χ3v) is 6.23. The molecule has 6 nitrogen and oxygen atoms in total. The predicted octanol–water partition coefficient (Wildman–Crippen LogP) is 3.81. The number of halogens is 1. The van der Waals surface area contributed by atoms with Gasteiger partial charge in [-0.1, -0.05) is 17.7 Å². The van der Waals surface area contributed by atoms with Gasteiger partial charge in [0.2, 0.25) is 0 Å². The van der Waals surface area contributed by atoms with E-state index in [9.17, 15) is 17.6 Å². The minimum atomic E-state index is -3.37. The number of likely N-dealkylation sites (tertiary alicyclic amines) is 1. The zero-order valence-corrected chi connectivity index (χ0v) is 18.4. The fourth-order valence-corrected chi connectivity index (χ4v) is 4.53. The SMILES string of the molecule is Cc1ccc(N(C)[C@@H]2CCCN(C(=O)Nc3ccc(F)cc3CS(C)(=O)=O)C2)cc1. The molecule has 0 radical (unpaired) electrons. The molecule has 162 valence electrons. The van der Waals surface area contributed by atoms with Gasteiger partial charge in [0.1, 0.15) is 5.82 Å². The first kappa shape index (κ1) is 22.1. The number of likely N-dealkylation sites (N-methyl/N-ethyl adjacent to an activating group) is 1. The fourth-order valence-electron chi connectivity index (χ4n) is 3.73. The van der Waals surface area contributed by atoms with Gasteiger partial charge in [0, 0.05) is 43.8 Å². The highest BCUT2D eigenvalue weighted by molar-refractivity contribution is 7.89. The van der Waals surface area contributed by atoms with Crippen LogP contribution in [-0.4, -0.2) is 51.8 Å². The molecule has 1 aliphatic rings. The number of aryl methyl sites for hydroxylation is 1. The fraction of sp³-hybridized carbons (Fsp3) is 0.409. The van der Waals surface area contributed by atoms with E-state index in [2.05, 4.69) is 34.5 Å². The Hall–Kier alpha value is -2.61. The van der Waals surface area contributed by atoms with Gasteiger partial charge in [-0.15, -0.1) is 0 Å². The number of carbonyl (C=O) groups is 1. The number of piperidine rings is 1. The van der Waals surface area contributed by atoms with E-state index in [1.165, 1.54) is 17.7 Å². The first-order valence-corrected chi connectivity index (χ1v) is 12.0. The Morgan fingerprint density at radius 2 is 1.93 bits per heavy atom. The van der Waals surface area contributed by atoms with Crippen LogP contribution in [0.1, 0.15) is 24.0 Å². The Balaban J connectivity index is 1.71. The van der Waals surface area contributed by atoms with Crippen LogP contribution in [0.3, 0.4) is 0 Å². The van der Waals surface area contributed by atoms with Crippen molar-refractivity contribution in [1.82, 2.24) is 4.90 Å². The average molecular weight is 434 g/mol. The van der Waals surface area contributed by atoms with E-state index >= 15 is 0 Å². The Kier molecular flexibility index (Phi) is 6.65. The van der Waals surface area contributed by atoms with Crippen LogP contribution in [0.25, 0.3) is 0 Å². The maximum absolute atomic E-state index is 13.6. The third-order valence-electron chi connectivity index (χ3n) is 5.40. The molecule has 0 saturated carbocycles. The Bertz CT molecular complexity index is 1010. The molecule has 8 heteroatoms. The zero-order valence-electron chi connectivity index (χ0n) is 17.6. The monoisotopic (exact) mass is 433 g/mol. The quantitative estimate of drug-likeness (QED) is 0.779. The summed E-state index contributed by atoms with van der Waals surface area (Å²) in [5, 5.41) is 2.77. The molecule has 1 fully saturated rings. The maximum Gasteiger partial charge on any atom is 0.321 e. The van der Waals surface area contributed by atoms with Crippen molar-refractivity contribution in [3.8, 4) is 0 Å². The first-order valence-electron chi connectivity index (χ1n) is 9.94. The van der Waals surface area contributed by atoms with E-state index in [0.29, 0.717) is 18.8 Å². The number of hydrogen-bond donors (Lipinski definition) is 1. The molecule has 1 N–H and O–H groups in total. The molecule has 0 bridgehead atoms. The molecule has 2 aromatic rings. The summed E-state index contributed by atoms with van der Waals surface area (Å²) in [4.78, 5) is 16.8. The topological polar surface area (TPSA) is 69.7 Å². The maximum atomic E-state index is 13.6. The highest BCUT2D eigenvalue weighted by Crippen LogP contribution is 2.24. The summed E-state index contributed by atoms with van der Waals surface area (Å²) in [6.07, 6.45) is 2.93. The minimum Gasteiger partial charge on any atom is -0.370 e. The summed E-state index contributed by atoms with van der Waals surface area (Å²) in [5.74, 6) is -0.872. The van der Waals surface area contributed by atoms with Crippen molar-refractivity contribution in [2.45, 2.75) is 31.6 Å². The van der Waals surface area contributed by atoms with Gasteiger partial charge in [-0.2, -0.15) is 0 Å². The summed E-state index contributed by atoms with van der Waals surface area (Å²) in [6, 6.07) is 11.9. The normalized spacial score (nSPS) is 16.9. The highest BCUT2D eigenvalue weighted by Gasteiger charge is 2.27. The largest absolute Gasteiger partial charge is 0.370 e. The molecule has 0 aliphatic carbocycles. The van der Waals surface area contributed by atoms with Crippen LogP contribution in [-0.2, 0) is 15.6 Å². The van der Waals surface area contributed by atoms with Gasteiger partial charge < -0.3 is 15.1 Å². The van der Waals surface area contributed by atoms with Crippen LogP contribution in [0, 0.1) is 12.7 Å². The summed E-state index contributed by atoms with van der Waals surface area (Å²) in [6.45, 7) is 3.22. The van der Waals surface area contributed by atoms with Crippen molar-refractivity contribution >= 4 is 27.2 Å². The first-order chi connectivity index (χ1) is 14.1. The molecule has 1 aliphatic heterocycles. The summed E-state index contributed by atoms with van der Waals surface area (Å²) in [7, 11) is -1.34. The summed E-state index contributed by atoms with van der Waals surface area (Å²) < 4.78 is 37.0. The van der Waals surface area contributed by atoms with Crippen molar-refractivity contribution in [2.75, 3.05) is 36.6 Å². The molecule has 1 heterocycles. The van der Waals surface area contributed by atoms with Crippen LogP contribution >= 0.6 is 0 Å². The number of sulfone groups is 1. The molecular weight excluding hydrogens is 405 g/mol. The van der Waals surface area contributed by atoms with E-state index in [-0.39, 0.29) is 23.4 Å². The lowest BCUT2D eigenvalue weighted by atomic mass is 10.0. The third kappa shape index (κ3) is 5.72. The molecule has 2 aromatic carbocycles. The van der Waals surface area contributed by atoms with Crippen molar-refractivity contribution in [3.05, 3.63) is 59.4 Å². The van der Waals surface area contributed by atoms with Gasteiger partial charge in [0.25, 0.3) is 0 Å². The number of carbonyl (C=O) groups excluding carboxylic acids is 1. The van der Waals surface area contributed by atoms with Gasteiger partial charge in [0.05, 0.1) is 5.75 Å². The lowest BCUT2D eigenvalue weighted by molar-refractivity contribution is 0.192. The standard InChI is InChI=1S/C22H28FN3O3S/c1-16-6-9-19(10-7-16)25(2)20-5-4-12-26(14-20)22(27)24-21-11-8-18(23)13-17(21)15-30(3,28)29/h6-11,13,20H,4-5,12,14-15H2,1-3H3,(H,24,27)/t20-/m1/s1. The highest BCUT2D eigenvalue weighted by atomic mass is 32.2. The predicted molar refractivity (Wildman–Crippen MR) is 118 cm³/mol. The van der Waals surface area contributed by atoms with Gasteiger partial charge in [-0.3, -0.25) is 0 Å². The van der Waals surface area contributed by atoms with Gasteiger partial charge in [-0.05, 0) is 55.7 Å². The number of urea groups is 1. The summed E-state index contributed by atoms with van der Waals surface area (Å²) in [5.41, 5.74) is 2.86. The van der Waals surface area contributed by atoms with E-state index in [1.807, 2.05) is 14.0 Å². The van der Waals surface area contributed by atoms with E-state index in [1.54, 1.807) is 4.90 Å². The van der Waals surface area contributed by atoms with Crippen LogP contribution < -0.4 is 10.2 Å². The number of nitrogens with zero attached hydrogens (tertiary/aromatic N) is 2. The van der Waals surface area contributed by atoms with Crippen LogP contribution in [0.2, 0.25) is 0 Å². The second-order valence-electron chi connectivity index (χ2n) is 7.99. The lowest BCUT2D eigenvalue weighted by Gasteiger charge is -2.38. The molecule has 0 unspecified atom stereocenters. The molecule has 0 aromatic heterocycles.